The van der Waals surface area contributed by atoms with E-state index in [0.717, 1.165) is 0 Å². The van der Waals surface area contributed by atoms with Crippen LogP contribution >= 0.6 is 0 Å². The molecule has 0 aromatic heterocycles. The first-order chi connectivity index (χ1) is 22.3. The van der Waals surface area contributed by atoms with Crippen molar-refractivity contribution in [3.8, 4) is 33.4 Å². The minimum atomic E-state index is 0.0218. The van der Waals surface area contributed by atoms with Crippen molar-refractivity contribution in [2.75, 3.05) is 0 Å². The van der Waals surface area contributed by atoms with E-state index in [9.17, 15) is 0 Å². The monoisotopic (exact) mass is 590 g/mol. The fourth-order valence-electron chi connectivity index (χ4n) is 7.53. The summed E-state index contributed by atoms with van der Waals surface area (Å²) in [5.41, 5.74) is 11.7. The first kappa shape index (κ1) is 28.3. The molecule has 0 saturated carbocycles. The fourth-order valence-corrected chi connectivity index (χ4v) is 7.53. The summed E-state index contributed by atoms with van der Waals surface area (Å²) >= 11 is 0. The van der Waals surface area contributed by atoms with Gasteiger partial charge in [-0.25, -0.2) is 0 Å². The molecule has 0 unspecified atom stereocenters. The molecule has 8 aromatic rings. The SMILES string of the molecule is Cc1ccc2cccc(C)c2c1-c1c2ccccc2c(-c2cccc(-c3cccc4ccccc34)c2)c2cc(C(C)(C)C)ccc12. The van der Waals surface area contributed by atoms with Crippen molar-refractivity contribution in [2.45, 2.75) is 40.0 Å². The summed E-state index contributed by atoms with van der Waals surface area (Å²) in [5.74, 6) is 0. The lowest BCUT2D eigenvalue weighted by Gasteiger charge is -2.24. The molecule has 0 fully saturated rings. The lowest BCUT2D eigenvalue weighted by molar-refractivity contribution is 0.591. The normalized spacial score (nSPS) is 12.0. The maximum absolute atomic E-state index is 2.47. The summed E-state index contributed by atoms with van der Waals surface area (Å²) in [6, 6.07) is 52.0. The van der Waals surface area contributed by atoms with Crippen LogP contribution in [0.5, 0.6) is 0 Å². The highest BCUT2D eigenvalue weighted by Crippen LogP contribution is 2.48. The van der Waals surface area contributed by atoms with E-state index >= 15 is 0 Å². The highest BCUT2D eigenvalue weighted by molar-refractivity contribution is 6.24. The predicted molar refractivity (Wildman–Crippen MR) is 201 cm³/mol. The summed E-state index contributed by atoms with van der Waals surface area (Å²) in [7, 11) is 0. The third kappa shape index (κ3) is 4.52. The van der Waals surface area contributed by atoms with Crippen molar-refractivity contribution < 1.29 is 0 Å². The topological polar surface area (TPSA) is 0 Å². The van der Waals surface area contributed by atoms with Gasteiger partial charge in [0.05, 0.1) is 0 Å². The Bertz CT molecular complexity index is 2460. The first-order valence-corrected chi connectivity index (χ1v) is 16.4. The molecule has 0 N–H and O–H groups in total. The molecule has 8 rings (SSSR count). The minimum absolute atomic E-state index is 0.0218. The van der Waals surface area contributed by atoms with Crippen LogP contribution in [0.25, 0.3) is 76.5 Å². The molecule has 0 aliphatic carbocycles. The van der Waals surface area contributed by atoms with Gasteiger partial charge < -0.3 is 0 Å². The largest absolute Gasteiger partial charge is 0.0616 e. The number of rotatable bonds is 3. The van der Waals surface area contributed by atoms with Crippen LogP contribution in [-0.4, -0.2) is 0 Å². The molecule has 46 heavy (non-hydrogen) atoms. The van der Waals surface area contributed by atoms with Crippen LogP contribution in [-0.2, 0) is 5.41 Å². The smallest absolute Gasteiger partial charge is 0.00174 e. The quantitative estimate of drug-likeness (QED) is 0.180. The van der Waals surface area contributed by atoms with Crippen molar-refractivity contribution in [1.82, 2.24) is 0 Å². The molecule has 0 bridgehead atoms. The van der Waals surface area contributed by atoms with Gasteiger partial charge in [-0.05, 0) is 125 Å². The summed E-state index contributed by atoms with van der Waals surface area (Å²) in [4.78, 5) is 0. The predicted octanol–water partition coefficient (Wildman–Crippen LogP) is 13.2. The average molecular weight is 591 g/mol. The van der Waals surface area contributed by atoms with E-state index in [4.69, 9.17) is 0 Å². The zero-order valence-corrected chi connectivity index (χ0v) is 27.3. The van der Waals surface area contributed by atoms with Gasteiger partial charge in [-0.3, -0.25) is 0 Å². The number of hydrogen-bond donors (Lipinski definition) is 0. The Morgan fingerprint density at radius 2 is 1.02 bits per heavy atom. The Hall–Kier alpha value is -5.20. The fraction of sp³-hybridized carbons (Fsp3) is 0.130. The Kier molecular flexibility index (Phi) is 6.59. The molecule has 0 spiro atoms. The van der Waals surface area contributed by atoms with Crippen molar-refractivity contribution in [3.63, 3.8) is 0 Å². The first-order valence-electron chi connectivity index (χ1n) is 16.4. The standard InChI is InChI=1S/C46H38/c1-29-13-10-16-32-24-23-30(2)43(42(29)32)45-39-21-9-8-20-38(39)44(41-28-35(46(3,4)5)25-26-40(41)45)34-18-11-17-33(27-34)37-22-12-15-31-14-6-7-19-36(31)37/h6-28H,1-5H3. The van der Waals surface area contributed by atoms with Crippen LogP contribution in [0.1, 0.15) is 37.5 Å². The third-order valence-corrected chi connectivity index (χ3v) is 9.85. The molecule has 0 atom stereocenters. The van der Waals surface area contributed by atoms with E-state index in [2.05, 4.69) is 174 Å². The summed E-state index contributed by atoms with van der Waals surface area (Å²) in [6.45, 7) is 11.5. The average Bonchev–Trinajstić information content (AvgIpc) is 3.07. The van der Waals surface area contributed by atoms with Gasteiger partial charge >= 0.3 is 0 Å². The Balaban J connectivity index is 1.51. The van der Waals surface area contributed by atoms with E-state index in [1.165, 1.54) is 93.2 Å². The Labute approximate surface area is 272 Å². The van der Waals surface area contributed by atoms with Crippen molar-refractivity contribution in [2.24, 2.45) is 0 Å². The highest BCUT2D eigenvalue weighted by atomic mass is 14.3. The van der Waals surface area contributed by atoms with Gasteiger partial charge in [-0.1, -0.05) is 148 Å². The summed E-state index contributed by atoms with van der Waals surface area (Å²) < 4.78 is 0. The number of benzene rings is 8. The van der Waals surface area contributed by atoms with Gasteiger partial charge in [0.1, 0.15) is 0 Å². The number of aryl methyl sites for hydroxylation is 2. The van der Waals surface area contributed by atoms with Crippen LogP contribution < -0.4 is 0 Å². The molecule has 0 heteroatoms. The van der Waals surface area contributed by atoms with Gasteiger partial charge in [-0.15, -0.1) is 0 Å². The van der Waals surface area contributed by atoms with Crippen LogP contribution in [0.4, 0.5) is 0 Å². The maximum atomic E-state index is 2.47. The molecule has 0 amide bonds. The van der Waals surface area contributed by atoms with E-state index in [1.807, 2.05) is 0 Å². The number of hydrogen-bond acceptors (Lipinski definition) is 0. The molecular weight excluding hydrogens is 553 g/mol. The van der Waals surface area contributed by atoms with Crippen molar-refractivity contribution in [3.05, 3.63) is 156 Å². The third-order valence-electron chi connectivity index (χ3n) is 9.85. The van der Waals surface area contributed by atoms with Gasteiger partial charge in [0.25, 0.3) is 0 Å². The second-order valence-electron chi connectivity index (χ2n) is 13.8. The summed E-state index contributed by atoms with van der Waals surface area (Å²) in [6.07, 6.45) is 0. The molecule has 0 heterocycles. The number of fused-ring (bicyclic) bond motifs is 4. The second kappa shape index (κ2) is 10.7. The van der Waals surface area contributed by atoms with Gasteiger partial charge in [0.15, 0.2) is 0 Å². The molecule has 222 valence electrons. The molecule has 0 nitrogen and oxygen atoms in total. The molecular formula is C46H38. The van der Waals surface area contributed by atoms with E-state index in [1.54, 1.807) is 0 Å². The molecule has 0 radical (unpaired) electrons. The zero-order valence-electron chi connectivity index (χ0n) is 27.3. The van der Waals surface area contributed by atoms with Crippen molar-refractivity contribution >= 4 is 43.1 Å². The molecule has 8 aromatic carbocycles. The van der Waals surface area contributed by atoms with Crippen LogP contribution in [0.2, 0.25) is 0 Å². The Morgan fingerprint density at radius 3 is 1.83 bits per heavy atom. The van der Waals surface area contributed by atoms with Crippen LogP contribution in [0.3, 0.4) is 0 Å². The lowest BCUT2D eigenvalue weighted by atomic mass is 9.79. The summed E-state index contributed by atoms with van der Waals surface area (Å²) in [5, 5.41) is 10.4. The molecule has 0 aliphatic heterocycles. The van der Waals surface area contributed by atoms with Gasteiger partial charge in [0, 0.05) is 0 Å². The van der Waals surface area contributed by atoms with E-state index < -0.39 is 0 Å². The maximum Gasteiger partial charge on any atom is -0.00174 e. The van der Waals surface area contributed by atoms with Gasteiger partial charge in [0.2, 0.25) is 0 Å². The highest BCUT2D eigenvalue weighted by Gasteiger charge is 2.22. The van der Waals surface area contributed by atoms with Crippen LogP contribution in [0.15, 0.2) is 140 Å². The van der Waals surface area contributed by atoms with E-state index in [-0.39, 0.29) is 5.41 Å². The molecule has 0 aliphatic rings. The second-order valence-corrected chi connectivity index (χ2v) is 13.8. The lowest BCUT2D eigenvalue weighted by Crippen LogP contribution is -2.10. The van der Waals surface area contributed by atoms with Crippen LogP contribution in [0, 0.1) is 13.8 Å². The Morgan fingerprint density at radius 1 is 0.391 bits per heavy atom. The molecule has 0 saturated heterocycles. The zero-order chi connectivity index (χ0) is 31.6. The van der Waals surface area contributed by atoms with E-state index in [0.29, 0.717) is 0 Å². The minimum Gasteiger partial charge on any atom is -0.0616 e. The van der Waals surface area contributed by atoms with Gasteiger partial charge in [-0.2, -0.15) is 0 Å². The van der Waals surface area contributed by atoms with Crippen molar-refractivity contribution in [1.29, 1.82) is 0 Å².